The molecule has 1 aliphatic heterocycles. The van der Waals surface area contributed by atoms with Crippen LogP contribution in [0.1, 0.15) is 31.7 Å². The van der Waals surface area contributed by atoms with Crippen LogP contribution in [0.5, 0.6) is 0 Å². The zero-order valence-corrected chi connectivity index (χ0v) is 12.3. The first-order chi connectivity index (χ1) is 9.13. The van der Waals surface area contributed by atoms with Crippen molar-refractivity contribution in [3.63, 3.8) is 0 Å². The van der Waals surface area contributed by atoms with E-state index in [4.69, 9.17) is 11.6 Å². The first kappa shape index (κ1) is 14.4. The van der Waals surface area contributed by atoms with Crippen molar-refractivity contribution in [2.45, 2.75) is 39.2 Å². The van der Waals surface area contributed by atoms with Crippen molar-refractivity contribution in [2.75, 3.05) is 18.0 Å². The average Bonchev–Trinajstić information content (AvgIpc) is 2.38. The van der Waals surface area contributed by atoms with Gasteiger partial charge in [0.2, 0.25) is 5.91 Å². The molecular formula is C15H21ClN2O. The fourth-order valence-electron chi connectivity index (χ4n) is 2.54. The van der Waals surface area contributed by atoms with Gasteiger partial charge < -0.3 is 10.2 Å². The molecule has 0 radical (unpaired) electrons. The number of aryl methyl sites for hydroxylation is 1. The van der Waals surface area contributed by atoms with Gasteiger partial charge in [0.1, 0.15) is 0 Å². The third-order valence-electron chi connectivity index (χ3n) is 3.53. The summed E-state index contributed by atoms with van der Waals surface area (Å²) < 4.78 is 0. The summed E-state index contributed by atoms with van der Waals surface area (Å²) in [5.41, 5.74) is 2.04. The van der Waals surface area contributed by atoms with E-state index < -0.39 is 0 Å². The van der Waals surface area contributed by atoms with Crippen LogP contribution in [0.2, 0.25) is 5.02 Å². The summed E-state index contributed by atoms with van der Waals surface area (Å²) in [6.45, 7) is 5.80. The zero-order chi connectivity index (χ0) is 13.8. The summed E-state index contributed by atoms with van der Waals surface area (Å²) in [6, 6.07) is 5.66. The number of halogens is 1. The van der Waals surface area contributed by atoms with Crippen LogP contribution in [0.15, 0.2) is 18.2 Å². The van der Waals surface area contributed by atoms with Gasteiger partial charge in [0, 0.05) is 17.3 Å². The van der Waals surface area contributed by atoms with Crippen LogP contribution < -0.4 is 10.2 Å². The molecule has 0 saturated carbocycles. The van der Waals surface area contributed by atoms with Crippen molar-refractivity contribution >= 4 is 23.2 Å². The number of nitrogens with zero attached hydrogens (tertiary/aromatic N) is 1. The number of nitrogens with one attached hydrogen (secondary N) is 1. The number of carbonyl (C=O) groups excluding carboxylic acids is 1. The van der Waals surface area contributed by atoms with Crippen molar-refractivity contribution in [3.8, 4) is 0 Å². The summed E-state index contributed by atoms with van der Waals surface area (Å²) in [5.74, 6) is 0.185. The molecule has 1 heterocycles. The van der Waals surface area contributed by atoms with Gasteiger partial charge in [-0.05, 0) is 56.5 Å². The molecule has 0 spiro atoms. The molecule has 1 aliphatic rings. The number of hydrogen-bond acceptors (Lipinski definition) is 2. The summed E-state index contributed by atoms with van der Waals surface area (Å²) in [5, 5.41) is 4.05. The van der Waals surface area contributed by atoms with E-state index in [9.17, 15) is 4.79 Å². The monoisotopic (exact) mass is 280 g/mol. The van der Waals surface area contributed by atoms with Crippen molar-refractivity contribution in [3.05, 3.63) is 28.8 Å². The van der Waals surface area contributed by atoms with Gasteiger partial charge in [-0.3, -0.25) is 4.79 Å². The molecule has 1 unspecified atom stereocenters. The lowest BCUT2D eigenvalue weighted by atomic mass is 10.0. The van der Waals surface area contributed by atoms with E-state index in [-0.39, 0.29) is 11.9 Å². The SMILES string of the molecule is CCCNC1CCCN(c2ccc(Cl)cc2C)C1=O. The first-order valence-corrected chi connectivity index (χ1v) is 7.32. The molecule has 4 heteroatoms. The molecule has 3 nitrogen and oxygen atoms in total. The van der Waals surface area contributed by atoms with E-state index in [1.165, 1.54) is 0 Å². The Morgan fingerprint density at radius 3 is 2.95 bits per heavy atom. The van der Waals surface area contributed by atoms with Crippen molar-refractivity contribution in [1.82, 2.24) is 5.32 Å². The number of piperidine rings is 1. The van der Waals surface area contributed by atoms with Gasteiger partial charge in [-0.15, -0.1) is 0 Å². The second-order valence-corrected chi connectivity index (χ2v) is 5.51. The molecule has 1 fully saturated rings. The van der Waals surface area contributed by atoms with E-state index in [1.807, 2.05) is 30.0 Å². The number of rotatable bonds is 4. The Balaban J connectivity index is 2.17. The molecule has 1 atom stereocenters. The Kier molecular flexibility index (Phi) is 4.83. The van der Waals surface area contributed by atoms with Crippen LogP contribution in [0.3, 0.4) is 0 Å². The van der Waals surface area contributed by atoms with Gasteiger partial charge in [-0.1, -0.05) is 18.5 Å². The minimum absolute atomic E-state index is 0.0382. The molecule has 1 N–H and O–H groups in total. The van der Waals surface area contributed by atoms with E-state index in [0.717, 1.165) is 43.6 Å². The third kappa shape index (κ3) is 3.28. The van der Waals surface area contributed by atoms with E-state index >= 15 is 0 Å². The molecule has 1 saturated heterocycles. The van der Waals surface area contributed by atoms with Crippen molar-refractivity contribution in [1.29, 1.82) is 0 Å². The van der Waals surface area contributed by atoms with Gasteiger partial charge in [-0.2, -0.15) is 0 Å². The Morgan fingerprint density at radius 2 is 2.26 bits per heavy atom. The molecule has 0 aliphatic carbocycles. The molecule has 0 aromatic heterocycles. The first-order valence-electron chi connectivity index (χ1n) is 6.94. The lowest BCUT2D eigenvalue weighted by Crippen LogP contribution is -2.51. The van der Waals surface area contributed by atoms with Crippen LogP contribution in [-0.2, 0) is 4.79 Å². The maximum atomic E-state index is 12.5. The van der Waals surface area contributed by atoms with E-state index in [2.05, 4.69) is 12.2 Å². The van der Waals surface area contributed by atoms with Crippen LogP contribution >= 0.6 is 11.6 Å². The molecule has 1 amide bonds. The standard InChI is InChI=1S/C15H21ClN2O/c1-3-8-17-13-5-4-9-18(15(13)19)14-7-6-12(16)10-11(14)2/h6-7,10,13,17H,3-5,8-9H2,1-2H3. The van der Waals surface area contributed by atoms with E-state index in [1.54, 1.807) is 0 Å². The topological polar surface area (TPSA) is 32.3 Å². The number of carbonyl (C=O) groups is 1. The molecule has 19 heavy (non-hydrogen) atoms. The predicted octanol–water partition coefficient (Wildman–Crippen LogP) is 3.14. The molecule has 104 valence electrons. The van der Waals surface area contributed by atoms with Crippen LogP contribution in [0, 0.1) is 6.92 Å². The second-order valence-electron chi connectivity index (χ2n) is 5.07. The minimum Gasteiger partial charge on any atom is -0.311 e. The molecule has 1 aromatic carbocycles. The lowest BCUT2D eigenvalue weighted by Gasteiger charge is -2.33. The highest BCUT2D eigenvalue weighted by molar-refractivity contribution is 6.30. The highest BCUT2D eigenvalue weighted by Crippen LogP contribution is 2.27. The normalized spacial score (nSPS) is 19.8. The van der Waals surface area contributed by atoms with Crippen LogP contribution in [-0.4, -0.2) is 25.0 Å². The highest BCUT2D eigenvalue weighted by Gasteiger charge is 2.29. The van der Waals surface area contributed by atoms with Gasteiger partial charge in [0.05, 0.1) is 6.04 Å². The Bertz CT molecular complexity index is 461. The Morgan fingerprint density at radius 1 is 1.47 bits per heavy atom. The fourth-order valence-corrected chi connectivity index (χ4v) is 2.77. The number of benzene rings is 1. The highest BCUT2D eigenvalue weighted by atomic mass is 35.5. The quantitative estimate of drug-likeness (QED) is 0.919. The Labute approximate surface area is 119 Å². The van der Waals surface area contributed by atoms with Gasteiger partial charge in [0.25, 0.3) is 0 Å². The van der Waals surface area contributed by atoms with Crippen molar-refractivity contribution < 1.29 is 4.79 Å². The predicted molar refractivity (Wildman–Crippen MR) is 79.9 cm³/mol. The summed E-state index contributed by atoms with van der Waals surface area (Å²) in [7, 11) is 0. The summed E-state index contributed by atoms with van der Waals surface area (Å²) >= 11 is 5.97. The lowest BCUT2D eigenvalue weighted by molar-refractivity contribution is -0.121. The van der Waals surface area contributed by atoms with Crippen LogP contribution in [0.25, 0.3) is 0 Å². The smallest absolute Gasteiger partial charge is 0.244 e. The molecule has 1 aromatic rings. The van der Waals surface area contributed by atoms with Gasteiger partial charge in [0.15, 0.2) is 0 Å². The van der Waals surface area contributed by atoms with Crippen molar-refractivity contribution in [2.24, 2.45) is 0 Å². The van der Waals surface area contributed by atoms with Gasteiger partial charge >= 0.3 is 0 Å². The average molecular weight is 281 g/mol. The van der Waals surface area contributed by atoms with Crippen LogP contribution in [0.4, 0.5) is 5.69 Å². The second kappa shape index (κ2) is 6.40. The minimum atomic E-state index is -0.0382. The number of anilines is 1. The largest absolute Gasteiger partial charge is 0.311 e. The molecule has 0 bridgehead atoms. The summed E-state index contributed by atoms with van der Waals surface area (Å²) in [4.78, 5) is 14.4. The molecular weight excluding hydrogens is 260 g/mol. The zero-order valence-electron chi connectivity index (χ0n) is 11.6. The molecule has 2 rings (SSSR count). The maximum absolute atomic E-state index is 12.5. The number of hydrogen-bond donors (Lipinski definition) is 1. The van der Waals surface area contributed by atoms with Gasteiger partial charge in [-0.25, -0.2) is 0 Å². The number of amides is 1. The van der Waals surface area contributed by atoms with E-state index in [0.29, 0.717) is 5.02 Å². The summed E-state index contributed by atoms with van der Waals surface area (Å²) in [6.07, 6.45) is 3.01. The fraction of sp³-hybridized carbons (Fsp3) is 0.533. The Hall–Kier alpha value is -1.06. The maximum Gasteiger partial charge on any atom is 0.244 e. The third-order valence-corrected chi connectivity index (χ3v) is 3.76.